The third-order valence-corrected chi connectivity index (χ3v) is 4.49. The summed E-state index contributed by atoms with van der Waals surface area (Å²) in [5.41, 5.74) is 6.95. The lowest BCUT2D eigenvalue weighted by molar-refractivity contribution is 0.897. The topological polar surface area (TPSA) is 25.8 Å². The van der Waals surface area contributed by atoms with Gasteiger partial charge in [0.05, 0.1) is 22.4 Å². The van der Waals surface area contributed by atoms with Gasteiger partial charge in [-0.3, -0.25) is 4.98 Å². The number of nitrogens with zero attached hydrogens (tertiary/aromatic N) is 2. The van der Waals surface area contributed by atoms with Gasteiger partial charge in [0.15, 0.2) is 0 Å². The molecule has 1 aliphatic carbocycles. The molecule has 22 heavy (non-hydrogen) atoms. The summed E-state index contributed by atoms with van der Waals surface area (Å²) in [6, 6.07) is 21.2. The lowest BCUT2D eigenvalue weighted by Crippen LogP contribution is -2.08. The number of hydrogen-bond donors (Lipinski definition) is 0. The van der Waals surface area contributed by atoms with Crippen molar-refractivity contribution in [1.82, 2.24) is 9.97 Å². The minimum Gasteiger partial charge on any atom is -0.252 e. The van der Waals surface area contributed by atoms with Crippen molar-refractivity contribution >= 4 is 21.8 Å². The monoisotopic (exact) mass is 282 g/mol. The average Bonchev–Trinajstić information content (AvgIpc) is 2.58. The van der Waals surface area contributed by atoms with Crippen LogP contribution >= 0.6 is 0 Å². The van der Waals surface area contributed by atoms with Crippen LogP contribution in [0.25, 0.3) is 33.1 Å². The fourth-order valence-corrected chi connectivity index (χ4v) is 3.39. The minimum atomic E-state index is 0.993. The number of pyridine rings is 2. The summed E-state index contributed by atoms with van der Waals surface area (Å²) >= 11 is 0. The first-order valence-corrected chi connectivity index (χ1v) is 7.66. The normalized spacial score (nSPS) is 13.1. The van der Waals surface area contributed by atoms with Gasteiger partial charge in [-0.25, -0.2) is 4.98 Å². The molecule has 0 fully saturated rings. The SMILES string of the molecule is c1ccc2nc3c(cc2c1)-c1nc2ccccc2cc1CC3. The first-order valence-electron chi connectivity index (χ1n) is 7.66. The zero-order valence-corrected chi connectivity index (χ0v) is 12.1. The van der Waals surface area contributed by atoms with Crippen LogP contribution in [0, 0.1) is 0 Å². The molecular weight excluding hydrogens is 268 g/mol. The summed E-state index contributed by atoms with van der Waals surface area (Å²) in [6.45, 7) is 0. The number of benzene rings is 2. The molecule has 0 unspecified atom stereocenters. The van der Waals surface area contributed by atoms with E-state index in [1.165, 1.54) is 27.6 Å². The first kappa shape index (κ1) is 11.9. The molecule has 0 radical (unpaired) electrons. The molecule has 4 aromatic rings. The van der Waals surface area contributed by atoms with Gasteiger partial charge in [0.2, 0.25) is 0 Å². The zero-order valence-electron chi connectivity index (χ0n) is 12.1. The summed E-state index contributed by atoms with van der Waals surface area (Å²) < 4.78 is 0. The van der Waals surface area contributed by atoms with Gasteiger partial charge in [0, 0.05) is 16.3 Å². The van der Waals surface area contributed by atoms with Crippen LogP contribution in [0.3, 0.4) is 0 Å². The summed E-state index contributed by atoms with van der Waals surface area (Å²) in [6.07, 6.45) is 2.01. The van der Waals surface area contributed by atoms with E-state index in [4.69, 9.17) is 9.97 Å². The van der Waals surface area contributed by atoms with Crippen LogP contribution in [0.1, 0.15) is 11.3 Å². The predicted octanol–water partition coefficient (Wildman–Crippen LogP) is 4.55. The predicted molar refractivity (Wildman–Crippen MR) is 89.9 cm³/mol. The fraction of sp³-hybridized carbons (Fsp3) is 0.100. The summed E-state index contributed by atoms with van der Waals surface area (Å²) in [5.74, 6) is 0. The van der Waals surface area contributed by atoms with Crippen LogP contribution in [0.2, 0.25) is 0 Å². The fourth-order valence-electron chi connectivity index (χ4n) is 3.39. The molecule has 0 amide bonds. The highest BCUT2D eigenvalue weighted by Gasteiger charge is 2.20. The molecule has 0 spiro atoms. The highest BCUT2D eigenvalue weighted by Crippen LogP contribution is 2.34. The maximum Gasteiger partial charge on any atom is 0.0760 e. The first-order chi connectivity index (χ1) is 10.9. The number of aryl methyl sites for hydroxylation is 2. The van der Waals surface area contributed by atoms with Crippen LogP contribution in [0.5, 0.6) is 0 Å². The minimum absolute atomic E-state index is 0.993. The molecule has 5 rings (SSSR count). The molecule has 0 atom stereocenters. The van der Waals surface area contributed by atoms with Gasteiger partial charge in [-0.05, 0) is 42.7 Å². The Morgan fingerprint density at radius 1 is 0.682 bits per heavy atom. The second-order valence-electron chi connectivity index (χ2n) is 5.86. The Bertz CT molecular complexity index is 949. The Labute approximate surface area is 128 Å². The van der Waals surface area contributed by atoms with E-state index in [1.54, 1.807) is 0 Å². The molecule has 2 aromatic heterocycles. The third kappa shape index (κ3) is 1.67. The molecule has 2 nitrogen and oxygen atoms in total. The highest BCUT2D eigenvalue weighted by atomic mass is 14.8. The van der Waals surface area contributed by atoms with E-state index in [-0.39, 0.29) is 0 Å². The second-order valence-corrected chi connectivity index (χ2v) is 5.86. The third-order valence-electron chi connectivity index (χ3n) is 4.49. The lowest BCUT2D eigenvalue weighted by atomic mass is 9.90. The number of fused-ring (bicyclic) bond motifs is 5. The van der Waals surface area contributed by atoms with Gasteiger partial charge in [0.1, 0.15) is 0 Å². The van der Waals surface area contributed by atoms with Crippen LogP contribution in [0.4, 0.5) is 0 Å². The lowest BCUT2D eigenvalue weighted by Gasteiger charge is -2.19. The van der Waals surface area contributed by atoms with Crippen LogP contribution in [-0.2, 0) is 12.8 Å². The van der Waals surface area contributed by atoms with Crippen molar-refractivity contribution in [3.8, 4) is 11.3 Å². The Morgan fingerprint density at radius 3 is 2.18 bits per heavy atom. The molecule has 1 aliphatic rings. The van der Waals surface area contributed by atoms with Gasteiger partial charge < -0.3 is 0 Å². The molecule has 0 N–H and O–H groups in total. The van der Waals surface area contributed by atoms with Crippen LogP contribution in [0.15, 0.2) is 60.7 Å². The van der Waals surface area contributed by atoms with E-state index >= 15 is 0 Å². The molecule has 0 saturated carbocycles. The zero-order chi connectivity index (χ0) is 14.5. The van der Waals surface area contributed by atoms with Crippen molar-refractivity contribution in [2.24, 2.45) is 0 Å². The second kappa shape index (κ2) is 4.38. The van der Waals surface area contributed by atoms with Gasteiger partial charge in [-0.1, -0.05) is 36.4 Å². The van der Waals surface area contributed by atoms with Crippen molar-refractivity contribution in [2.75, 3.05) is 0 Å². The van der Waals surface area contributed by atoms with Crippen molar-refractivity contribution in [3.05, 3.63) is 71.9 Å². The highest BCUT2D eigenvalue weighted by molar-refractivity contribution is 5.88. The van der Waals surface area contributed by atoms with Gasteiger partial charge in [-0.15, -0.1) is 0 Å². The van der Waals surface area contributed by atoms with E-state index < -0.39 is 0 Å². The Morgan fingerprint density at radius 2 is 1.36 bits per heavy atom. The van der Waals surface area contributed by atoms with E-state index in [0.29, 0.717) is 0 Å². The van der Waals surface area contributed by atoms with Crippen molar-refractivity contribution in [2.45, 2.75) is 12.8 Å². The van der Waals surface area contributed by atoms with E-state index in [9.17, 15) is 0 Å². The van der Waals surface area contributed by atoms with Crippen LogP contribution < -0.4 is 0 Å². The molecule has 0 bridgehead atoms. The van der Waals surface area contributed by atoms with E-state index in [0.717, 1.165) is 29.6 Å². The van der Waals surface area contributed by atoms with Gasteiger partial charge in [-0.2, -0.15) is 0 Å². The van der Waals surface area contributed by atoms with Gasteiger partial charge in [0.25, 0.3) is 0 Å². The Balaban J connectivity index is 1.84. The largest absolute Gasteiger partial charge is 0.252 e. The number of rotatable bonds is 0. The molecule has 2 aromatic carbocycles. The van der Waals surface area contributed by atoms with Crippen molar-refractivity contribution in [3.63, 3.8) is 0 Å². The quantitative estimate of drug-likeness (QED) is 0.473. The van der Waals surface area contributed by atoms with Crippen molar-refractivity contribution in [1.29, 1.82) is 0 Å². The Hall–Kier alpha value is -2.74. The van der Waals surface area contributed by atoms with Crippen LogP contribution in [-0.4, -0.2) is 9.97 Å². The van der Waals surface area contributed by atoms with E-state index in [1.807, 2.05) is 12.1 Å². The maximum atomic E-state index is 4.92. The number of hydrogen-bond acceptors (Lipinski definition) is 2. The summed E-state index contributed by atoms with van der Waals surface area (Å²) in [7, 11) is 0. The molecule has 2 heteroatoms. The molecule has 2 heterocycles. The summed E-state index contributed by atoms with van der Waals surface area (Å²) in [4.78, 5) is 9.78. The summed E-state index contributed by atoms with van der Waals surface area (Å²) in [5, 5.41) is 2.41. The van der Waals surface area contributed by atoms with Gasteiger partial charge >= 0.3 is 0 Å². The molecular formula is C20H14N2. The molecule has 104 valence electrons. The molecule has 0 aliphatic heterocycles. The van der Waals surface area contributed by atoms with E-state index in [2.05, 4.69) is 48.5 Å². The number of para-hydroxylation sites is 2. The van der Waals surface area contributed by atoms with Crippen molar-refractivity contribution < 1.29 is 0 Å². The molecule has 0 saturated heterocycles. The smallest absolute Gasteiger partial charge is 0.0760 e. The standard InChI is InChI=1S/C20H14N2/c1-4-8-18-13(5-1)11-15-9-10-19-16(20(15)22-18)12-14-6-2-3-7-17(14)21-19/h1-8,11-12H,9-10H2. The average molecular weight is 282 g/mol. The maximum absolute atomic E-state index is 4.92. The number of aromatic nitrogens is 2. The Kier molecular flexibility index (Phi) is 2.36.